The number of hydrogen-bond acceptors (Lipinski definition) is 5. The van der Waals surface area contributed by atoms with Crippen LogP contribution in [0.1, 0.15) is 11.5 Å². The molecule has 7 nitrogen and oxygen atoms in total. The number of carbonyl (C=O) groups is 2. The first-order valence-electron chi connectivity index (χ1n) is 8.70. The van der Waals surface area contributed by atoms with Crippen LogP contribution < -0.4 is 0 Å². The van der Waals surface area contributed by atoms with Gasteiger partial charge in [-0.25, -0.2) is 13.2 Å². The van der Waals surface area contributed by atoms with Crippen molar-refractivity contribution in [3.63, 3.8) is 0 Å². The van der Waals surface area contributed by atoms with Crippen LogP contribution in [0.4, 0.5) is 4.79 Å². The van der Waals surface area contributed by atoms with Crippen LogP contribution in [0, 0.1) is 11.3 Å². The van der Waals surface area contributed by atoms with E-state index in [0.717, 1.165) is 9.80 Å². The van der Waals surface area contributed by atoms with E-state index in [-0.39, 0.29) is 16.5 Å². The summed E-state index contributed by atoms with van der Waals surface area (Å²) in [6.07, 6.45) is 0. The number of carbonyl (C=O) groups excluding carboxylic acids is 2. The molecule has 1 N–H and O–H groups in total. The first kappa shape index (κ1) is 19.8. The van der Waals surface area contributed by atoms with Crippen molar-refractivity contribution < 1.29 is 18.0 Å². The van der Waals surface area contributed by atoms with Crippen molar-refractivity contribution in [1.82, 2.24) is 9.80 Å². The highest BCUT2D eigenvalue weighted by atomic mass is 32.2. The van der Waals surface area contributed by atoms with Gasteiger partial charge in [0.2, 0.25) is 5.91 Å². The van der Waals surface area contributed by atoms with E-state index in [0.29, 0.717) is 5.56 Å². The minimum atomic E-state index is -3.72. The van der Waals surface area contributed by atoms with Crippen LogP contribution in [0.15, 0.2) is 65.6 Å². The molecule has 2 atom stereocenters. The standard InChI is InChI=1S/C20H21N3O4S/c1-22-18(21)17(19(24)23(2)20(22)25)16(14-9-5-3-6-10-14)13-28(26,27)15-11-7-4-8-12-15/h3-12,16-17,21H,13H2,1-2H3. The number of amidine groups is 1. The fourth-order valence-corrected chi connectivity index (χ4v) is 4.99. The third kappa shape index (κ3) is 3.55. The van der Waals surface area contributed by atoms with Crippen molar-refractivity contribution in [2.75, 3.05) is 19.8 Å². The molecular formula is C20H21N3O4S. The van der Waals surface area contributed by atoms with Crippen LogP contribution in [0.25, 0.3) is 0 Å². The Hall–Kier alpha value is -3.00. The Kier molecular flexibility index (Phi) is 5.33. The van der Waals surface area contributed by atoms with Gasteiger partial charge in [-0.15, -0.1) is 0 Å². The predicted octanol–water partition coefficient (Wildman–Crippen LogP) is 2.36. The molecule has 0 radical (unpaired) electrons. The number of nitrogens with one attached hydrogen (secondary N) is 1. The van der Waals surface area contributed by atoms with Crippen molar-refractivity contribution in [2.45, 2.75) is 10.8 Å². The summed E-state index contributed by atoms with van der Waals surface area (Å²) in [4.78, 5) is 27.2. The van der Waals surface area contributed by atoms with E-state index >= 15 is 0 Å². The lowest BCUT2D eigenvalue weighted by atomic mass is 9.84. The van der Waals surface area contributed by atoms with Gasteiger partial charge in [-0.05, 0) is 17.7 Å². The van der Waals surface area contributed by atoms with E-state index < -0.39 is 33.6 Å². The maximum atomic E-state index is 13.0. The Morgan fingerprint density at radius 1 is 0.929 bits per heavy atom. The Bertz CT molecular complexity index is 982. The van der Waals surface area contributed by atoms with Gasteiger partial charge in [-0.2, -0.15) is 0 Å². The van der Waals surface area contributed by atoms with E-state index in [1.807, 2.05) is 0 Å². The van der Waals surface area contributed by atoms with E-state index in [1.165, 1.54) is 26.2 Å². The van der Waals surface area contributed by atoms with E-state index in [4.69, 9.17) is 5.41 Å². The van der Waals surface area contributed by atoms with Crippen LogP contribution in [0.5, 0.6) is 0 Å². The monoisotopic (exact) mass is 399 g/mol. The lowest BCUT2D eigenvalue weighted by Gasteiger charge is -2.38. The molecule has 1 fully saturated rings. The summed E-state index contributed by atoms with van der Waals surface area (Å²) in [6.45, 7) is 0. The Morgan fingerprint density at radius 2 is 1.46 bits per heavy atom. The van der Waals surface area contributed by atoms with Crippen molar-refractivity contribution in [3.8, 4) is 0 Å². The molecule has 0 saturated carbocycles. The van der Waals surface area contributed by atoms with Crippen molar-refractivity contribution in [3.05, 3.63) is 66.2 Å². The smallest absolute Gasteiger partial charge is 0.287 e. The van der Waals surface area contributed by atoms with Gasteiger partial charge in [0.05, 0.1) is 10.6 Å². The van der Waals surface area contributed by atoms with Gasteiger partial charge >= 0.3 is 6.03 Å². The van der Waals surface area contributed by atoms with Gasteiger partial charge in [-0.1, -0.05) is 48.5 Å². The second-order valence-electron chi connectivity index (χ2n) is 6.71. The summed E-state index contributed by atoms with van der Waals surface area (Å²) >= 11 is 0. The molecule has 3 amide bonds. The highest BCUT2D eigenvalue weighted by Crippen LogP contribution is 2.33. The van der Waals surface area contributed by atoms with Gasteiger partial charge in [0.15, 0.2) is 9.84 Å². The normalized spacial score (nSPS) is 19.1. The molecule has 0 aliphatic carbocycles. The number of amides is 3. The first-order valence-corrected chi connectivity index (χ1v) is 10.4. The molecule has 1 saturated heterocycles. The molecule has 1 aliphatic rings. The van der Waals surface area contributed by atoms with Gasteiger partial charge in [0, 0.05) is 20.0 Å². The maximum Gasteiger partial charge on any atom is 0.331 e. The fourth-order valence-electron chi connectivity index (χ4n) is 3.36. The molecule has 2 aromatic carbocycles. The lowest BCUT2D eigenvalue weighted by molar-refractivity contribution is -0.131. The average Bonchev–Trinajstić information content (AvgIpc) is 2.71. The summed E-state index contributed by atoms with van der Waals surface area (Å²) in [5, 5.41) is 8.36. The lowest BCUT2D eigenvalue weighted by Crippen LogP contribution is -2.58. The molecule has 1 heterocycles. The van der Waals surface area contributed by atoms with Gasteiger partial charge in [-0.3, -0.25) is 20.0 Å². The zero-order chi connectivity index (χ0) is 20.5. The molecule has 28 heavy (non-hydrogen) atoms. The van der Waals surface area contributed by atoms with Crippen LogP contribution in [0.3, 0.4) is 0 Å². The fraction of sp³-hybridized carbons (Fsp3) is 0.250. The largest absolute Gasteiger partial charge is 0.331 e. The Balaban J connectivity index is 2.07. The topological polar surface area (TPSA) is 98.6 Å². The molecule has 146 valence electrons. The first-order chi connectivity index (χ1) is 13.2. The number of nitrogens with zero attached hydrogens (tertiary/aromatic N) is 2. The number of urea groups is 1. The van der Waals surface area contributed by atoms with E-state index in [2.05, 4.69) is 0 Å². The predicted molar refractivity (Wildman–Crippen MR) is 105 cm³/mol. The van der Waals surface area contributed by atoms with Crippen LogP contribution >= 0.6 is 0 Å². The molecule has 8 heteroatoms. The number of benzene rings is 2. The summed E-state index contributed by atoms with van der Waals surface area (Å²) in [5.41, 5.74) is 0.626. The maximum absolute atomic E-state index is 13.0. The van der Waals surface area contributed by atoms with Gasteiger partial charge < -0.3 is 0 Å². The summed E-state index contributed by atoms with van der Waals surface area (Å²) in [7, 11) is -0.970. The van der Waals surface area contributed by atoms with Crippen LogP contribution in [0.2, 0.25) is 0 Å². The van der Waals surface area contributed by atoms with Crippen molar-refractivity contribution in [2.24, 2.45) is 5.92 Å². The molecule has 0 aromatic heterocycles. The SMILES string of the molecule is CN1C(=N)C(C(CS(=O)(=O)c2ccccc2)c2ccccc2)C(=O)N(C)C1=O. The van der Waals surface area contributed by atoms with Crippen molar-refractivity contribution in [1.29, 1.82) is 5.41 Å². The molecule has 1 aliphatic heterocycles. The van der Waals surface area contributed by atoms with E-state index in [1.54, 1.807) is 48.5 Å². The van der Waals surface area contributed by atoms with Crippen LogP contribution in [-0.4, -0.2) is 55.8 Å². The minimum absolute atomic E-state index is 0.156. The number of rotatable bonds is 5. The third-order valence-corrected chi connectivity index (χ3v) is 6.75. The van der Waals surface area contributed by atoms with Gasteiger partial charge in [0.1, 0.15) is 11.8 Å². The molecule has 3 rings (SSSR count). The molecule has 0 bridgehead atoms. The number of imide groups is 1. The van der Waals surface area contributed by atoms with Crippen LogP contribution in [-0.2, 0) is 14.6 Å². The van der Waals surface area contributed by atoms with Gasteiger partial charge in [0.25, 0.3) is 0 Å². The van der Waals surface area contributed by atoms with E-state index in [9.17, 15) is 18.0 Å². The average molecular weight is 399 g/mol. The third-order valence-electron chi connectivity index (χ3n) is 4.96. The molecule has 2 unspecified atom stereocenters. The second kappa shape index (κ2) is 7.55. The summed E-state index contributed by atoms with van der Waals surface area (Å²) in [6, 6.07) is 16.2. The zero-order valence-corrected chi connectivity index (χ0v) is 16.4. The summed E-state index contributed by atoms with van der Waals surface area (Å²) in [5.74, 6) is -3.01. The highest BCUT2D eigenvalue weighted by Gasteiger charge is 2.45. The second-order valence-corrected chi connectivity index (χ2v) is 8.75. The van der Waals surface area contributed by atoms with Crippen molar-refractivity contribution >= 4 is 27.6 Å². The minimum Gasteiger partial charge on any atom is -0.287 e. The number of hydrogen-bond donors (Lipinski definition) is 1. The Morgan fingerprint density at radius 3 is 2.04 bits per heavy atom. The molecule has 0 spiro atoms. The molecular weight excluding hydrogens is 378 g/mol. The highest BCUT2D eigenvalue weighted by molar-refractivity contribution is 7.91. The number of sulfone groups is 1. The molecule has 2 aromatic rings. The summed E-state index contributed by atoms with van der Waals surface area (Å²) < 4.78 is 26.0. The zero-order valence-electron chi connectivity index (χ0n) is 15.6. The quantitative estimate of drug-likeness (QED) is 0.834. The Labute approximate surface area is 164 Å².